The fourth-order valence-electron chi connectivity index (χ4n) is 1.79. The van der Waals surface area contributed by atoms with Crippen LogP contribution in [0, 0.1) is 5.82 Å². The summed E-state index contributed by atoms with van der Waals surface area (Å²) in [7, 11) is 1.42. The van der Waals surface area contributed by atoms with Crippen LogP contribution in [0.2, 0.25) is 0 Å². The summed E-state index contributed by atoms with van der Waals surface area (Å²) in [5.74, 6) is -0.228. The van der Waals surface area contributed by atoms with Gasteiger partial charge in [0.15, 0.2) is 11.6 Å². The highest BCUT2D eigenvalue weighted by molar-refractivity contribution is 5.35. The van der Waals surface area contributed by atoms with Crippen LogP contribution in [0.25, 0.3) is 0 Å². The standard InChI is InChI=1S/C12H15FN4O/c1-3-17-10(7-15-16-17)12(14)8-4-5-9(13)11(6-8)18-2/h4-7,12H,3,14H2,1-2H3. The van der Waals surface area contributed by atoms with Gasteiger partial charge in [-0.05, 0) is 24.6 Å². The number of hydrogen-bond donors (Lipinski definition) is 1. The number of aromatic nitrogens is 3. The zero-order valence-electron chi connectivity index (χ0n) is 10.3. The van der Waals surface area contributed by atoms with Crippen LogP contribution in [0.5, 0.6) is 5.75 Å². The maximum Gasteiger partial charge on any atom is 0.165 e. The minimum absolute atomic E-state index is 0.179. The average molecular weight is 250 g/mol. The molecule has 0 amide bonds. The number of nitrogens with zero attached hydrogens (tertiary/aromatic N) is 3. The Morgan fingerprint density at radius 3 is 2.94 bits per heavy atom. The number of nitrogens with two attached hydrogens (primary N) is 1. The molecular weight excluding hydrogens is 235 g/mol. The van der Waals surface area contributed by atoms with Gasteiger partial charge in [-0.3, -0.25) is 0 Å². The van der Waals surface area contributed by atoms with Crippen LogP contribution in [0.3, 0.4) is 0 Å². The van der Waals surface area contributed by atoms with Crippen molar-refractivity contribution in [2.45, 2.75) is 19.5 Å². The van der Waals surface area contributed by atoms with Gasteiger partial charge >= 0.3 is 0 Å². The topological polar surface area (TPSA) is 66.0 Å². The van der Waals surface area contributed by atoms with Crippen LogP contribution in [-0.2, 0) is 6.54 Å². The number of ether oxygens (including phenoxy) is 1. The Balaban J connectivity index is 2.37. The van der Waals surface area contributed by atoms with E-state index in [1.807, 2.05) is 6.92 Å². The minimum atomic E-state index is -0.408. The largest absolute Gasteiger partial charge is 0.494 e. The summed E-state index contributed by atoms with van der Waals surface area (Å²) in [5.41, 5.74) is 7.67. The predicted molar refractivity (Wildman–Crippen MR) is 64.7 cm³/mol. The monoisotopic (exact) mass is 250 g/mol. The summed E-state index contributed by atoms with van der Waals surface area (Å²) in [6.45, 7) is 2.64. The van der Waals surface area contributed by atoms with Gasteiger partial charge in [-0.15, -0.1) is 5.10 Å². The molecule has 1 heterocycles. The molecule has 1 aromatic heterocycles. The van der Waals surface area contributed by atoms with Crippen molar-refractivity contribution in [3.8, 4) is 5.75 Å². The molecule has 0 fully saturated rings. The maximum atomic E-state index is 13.3. The zero-order valence-corrected chi connectivity index (χ0v) is 10.3. The average Bonchev–Trinajstić information content (AvgIpc) is 2.86. The molecule has 0 aliphatic heterocycles. The van der Waals surface area contributed by atoms with Gasteiger partial charge < -0.3 is 10.5 Å². The smallest absolute Gasteiger partial charge is 0.165 e. The number of aryl methyl sites for hydroxylation is 1. The fraction of sp³-hybridized carbons (Fsp3) is 0.333. The number of halogens is 1. The normalized spacial score (nSPS) is 12.4. The summed E-state index contributed by atoms with van der Waals surface area (Å²) in [5, 5.41) is 7.75. The van der Waals surface area contributed by atoms with Crippen molar-refractivity contribution in [3.63, 3.8) is 0 Å². The van der Waals surface area contributed by atoms with Gasteiger partial charge in [0.1, 0.15) is 0 Å². The van der Waals surface area contributed by atoms with E-state index < -0.39 is 11.9 Å². The van der Waals surface area contributed by atoms with E-state index in [-0.39, 0.29) is 5.75 Å². The lowest BCUT2D eigenvalue weighted by Gasteiger charge is -2.14. The van der Waals surface area contributed by atoms with E-state index in [0.717, 1.165) is 11.3 Å². The molecule has 0 bridgehead atoms. The Morgan fingerprint density at radius 1 is 1.50 bits per heavy atom. The molecule has 0 radical (unpaired) electrons. The summed E-state index contributed by atoms with van der Waals surface area (Å²) < 4.78 is 20.0. The number of methoxy groups -OCH3 is 1. The molecule has 5 nitrogen and oxygen atoms in total. The molecule has 0 aliphatic carbocycles. The van der Waals surface area contributed by atoms with Crippen molar-refractivity contribution in [2.75, 3.05) is 7.11 Å². The predicted octanol–water partition coefficient (Wildman–Crippen LogP) is 1.49. The first-order valence-electron chi connectivity index (χ1n) is 5.64. The van der Waals surface area contributed by atoms with Crippen LogP contribution in [-0.4, -0.2) is 22.1 Å². The lowest BCUT2D eigenvalue weighted by molar-refractivity contribution is 0.385. The van der Waals surface area contributed by atoms with Crippen LogP contribution in [0.1, 0.15) is 24.2 Å². The van der Waals surface area contributed by atoms with Crippen LogP contribution in [0.4, 0.5) is 4.39 Å². The van der Waals surface area contributed by atoms with Crippen molar-refractivity contribution in [2.24, 2.45) is 5.73 Å². The fourth-order valence-corrected chi connectivity index (χ4v) is 1.79. The molecule has 2 rings (SSSR count). The molecule has 6 heteroatoms. The Labute approximate surface area is 104 Å². The molecular formula is C12H15FN4O. The van der Waals surface area contributed by atoms with Gasteiger partial charge in [-0.2, -0.15) is 0 Å². The molecule has 0 aliphatic rings. The number of rotatable bonds is 4. The highest BCUT2D eigenvalue weighted by Gasteiger charge is 2.16. The second-order valence-electron chi connectivity index (χ2n) is 3.85. The summed E-state index contributed by atoms with van der Waals surface area (Å²) in [6.07, 6.45) is 1.62. The Hall–Kier alpha value is -1.95. The third-order valence-electron chi connectivity index (χ3n) is 2.80. The summed E-state index contributed by atoms with van der Waals surface area (Å²) in [6, 6.07) is 4.16. The molecule has 2 aromatic rings. The zero-order chi connectivity index (χ0) is 13.1. The molecule has 18 heavy (non-hydrogen) atoms. The first-order valence-corrected chi connectivity index (χ1v) is 5.64. The Kier molecular flexibility index (Phi) is 3.57. The number of hydrogen-bond acceptors (Lipinski definition) is 4. The first kappa shape index (κ1) is 12.5. The van der Waals surface area contributed by atoms with Crippen LogP contribution >= 0.6 is 0 Å². The van der Waals surface area contributed by atoms with E-state index >= 15 is 0 Å². The van der Waals surface area contributed by atoms with E-state index in [2.05, 4.69) is 10.3 Å². The highest BCUT2D eigenvalue weighted by atomic mass is 19.1. The second kappa shape index (κ2) is 5.14. The van der Waals surface area contributed by atoms with E-state index in [9.17, 15) is 4.39 Å². The maximum absolute atomic E-state index is 13.3. The molecule has 1 aromatic carbocycles. The van der Waals surface area contributed by atoms with E-state index in [1.54, 1.807) is 23.0 Å². The first-order chi connectivity index (χ1) is 8.67. The van der Waals surface area contributed by atoms with Crippen molar-refractivity contribution < 1.29 is 9.13 Å². The molecule has 0 saturated carbocycles. The lowest BCUT2D eigenvalue weighted by Crippen LogP contribution is -2.17. The highest BCUT2D eigenvalue weighted by Crippen LogP contribution is 2.24. The lowest BCUT2D eigenvalue weighted by atomic mass is 10.0. The van der Waals surface area contributed by atoms with Crippen LogP contribution < -0.4 is 10.5 Å². The van der Waals surface area contributed by atoms with Gasteiger partial charge in [0.25, 0.3) is 0 Å². The van der Waals surface area contributed by atoms with Gasteiger partial charge in [0.2, 0.25) is 0 Å². The quantitative estimate of drug-likeness (QED) is 0.892. The van der Waals surface area contributed by atoms with Crippen molar-refractivity contribution >= 4 is 0 Å². The van der Waals surface area contributed by atoms with E-state index in [4.69, 9.17) is 10.5 Å². The molecule has 0 saturated heterocycles. The van der Waals surface area contributed by atoms with E-state index in [0.29, 0.717) is 6.54 Å². The van der Waals surface area contributed by atoms with Gasteiger partial charge in [0, 0.05) is 6.54 Å². The minimum Gasteiger partial charge on any atom is -0.494 e. The summed E-state index contributed by atoms with van der Waals surface area (Å²) in [4.78, 5) is 0. The Morgan fingerprint density at radius 2 is 2.28 bits per heavy atom. The van der Waals surface area contributed by atoms with E-state index in [1.165, 1.54) is 13.2 Å². The molecule has 1 atom stereocenters. The number of benzene rings is 1. The van der Waals surface area contributed by atoms with Gasteiger partial charge in [-0.25, -0.2) is 9.07 Å². The molecule has 0 spiro atoms. The molecule has 2 N–H and O–H groups in total. The third kappa shape index (κ3) is 2.19. The van der Waals surface area contributed by atoms with Crippen LogP contribution in [0.15, 0.2) is 24.4 Å². The van der Waals surface area contributed by atoms with Gasteiger partial charge in [0.05, 0.1) is 25.0 Å². The third-order valence-corrected chi connectivity index (χ3v) is 2.80. The SMILES string of the molecule is CCn1nncc1C(N)c1ccc(F)c(OC)c1. The van der Waals surface area contributed by atoms with Crippen molar-refractivity contribution in [1.29, 1.82) is 0 Å². The van der Waals surface area contributed by atoms with Crippen molar-refractivity contribution in [3.05, 3.63) is 41.5 Å². The van der Waals surface area contributed by atoms with Gasteiger partial charge in [-0.1, -0.05) is 11.3 Å². The Bertz CT molecular complexity index is 541. The second-order valence-corrected chi connectivity index (χ2v) is 3.85. The molecule has 96 valence electrons. The summed E-state index contributed by atoms with van der Waals surface area (Å²) >= 11 is 0. The van der Waals surface area contributed by atoms with Crippen molar-refractivity contribution in [1.82, 2.24) is 15.0 Å². The molecule has 1 unspecified atom stereocenters.